The van der Waals surface area contributed by atoms with Gasteiger partial charge in [0.15, 0.2) is 0 Å². The summed E-state index contributed by atoms with van der Waals surface area (Å²) < 4.78 is 0. The summed E-state index contributed by atoms with van der Waals surface area (Å²) >= 11 is 0. The van der Waals surface area contributed by atoms with Gasteiger partial charge >= 0.3 is 5.97 Å². The van der Waals surface area contributed by atoms with Crippen LogP contribution in [0, 0.1) is 6.92 Å². The van der Waals surface area contributed by atoms with E-state index >= 15 is 0 Å². The molecule has 3 heteroatoms. The van der Waals surface area contributed by atoms with Crippen LogP contribution < -0.4 is 4.90 Å². The molecule has 1 aromatic carbocycles. The van der Waals surface area contributed by atoms with Gasteiger partial charge in [0, 0.05) is 17.8 Å². The summed E-state index contributed by atoms with van der Waals surface area (Å²) in [7, 11) is 0. The molecule has 0 amide bonds. The first-order valence-electron chi connectivity index (χ1n) is 7.43. The van der Waals surface area contributed by atoms with E-state index in [1.54, 1.807) is 0 Å². The number of carboxylic acids is 1. The normalized spacial score (nSPS) is 20.6. The number of hydrogen-bond acceptors (Lipinski definition) is 2. The van der Waals surface area contributed by atoms with E-state index in [1.807, 2.05) is 13.0 Å². The van der Waals surface area contributed by atoms with Crippen molar-refractivity contribution in [2.24, 2.45) is 0 Å². The maximum Gasteiger partial charge on any atom is 0.335 e. The van der Waals surface area contributed by atoms with Gasteiger partial charge in [-0.2, -0.15) is 0 Å². The Morgan fingerprint density at radius 2 is 2.10 bits per heavy atom. The predicted molar refractivity (Wildman–Crippen MR) is 82.9 cm³/mol. The smallest absolute Gasteiger partial charge is 0.335 e. The molecule has 1 atom stereocenters. The fraction of sp³-hybridized carbons (Fsp3) is 0.588. The number of anilines is 1. The number of rotatable bonds is 3. The third-order valence-electron chi connectivity index (χ3n) is 4.41. The maximum atomic E-state index is 11.3. The molecule has 0 saturated heterocycles. The largest absolute Gasteiger partial charge is 0.478 e. The van der Waals surface area contributed by atoms with Crippen LogP contribution in [-0.2, 0) is 0 Å². The van der Waals surface area contributed by atoms with Crippen molar-refractivity contribution in [2.45, 2.75) is 58.9 Å². The van der Waals surface area contributed by atoms with Crippen LogP contribution in [0.5, 0.6) is 0 Å². The van der Waals surface area contributed by atoms with Gasteiger partial charge in [-0.3, -0.25) is 0 Å². The van der Waals surface area contributed by atoms with Crippen LogP contribution in [0.2, 0.25) is 0 Å². The average molecular weight is 275 g/mol. The molecule has 0 saturated carbocycles. The van der Waals surface area contributed by atoms with Crippen molar-refractivity contribution in [3.63, 3.8) is 0 Å². The zero-order chi connectivity index (χ0) is 15.1. The summed E-state index contributed by atoms with van der Waals surface area (Å²) in [4.78, 5) is 13.8. The second-order valence-corrected chi connectivity index (χ2v) is 6.60. The van der Waals surface area contributed by atoms with Crippen LogP contribution in [0.1, 0.15) is 67.9 Å². The van der Waals surface area contributed by atoms with Gasteiger partial charge in [0.05, 0.1) is 5.56 Å². The van der Waals surface area contributed by atoms with Gasteiger partial charge in [-0.15, -0.1) is 0 Å². The SMILES string of the molecule is CCCN1c2cc(C)c(C(=O)O)cc2[C@@H](C)CC1(C)C. The summed E-state index contributed by atoms with van der Waals surface area (Å²) in [5.74, 6) is -0.434. The van der Waals surface area contributed by atoms with E-state index in [-0.39, 0.29) is 5.54 Å². The van der Waals surface area contributed by atoms with Gasteiger partial charge < -0.3 is 10.0 Å². The van der Waals surface area contributed by atoms with E-state index in [0.29, 0.717) is 11.5 Å². The zero-order valence-electron chi connectivity index (χ0n) is 13.2. The molecule has 20 heavy (non-hydrogen) atoms. The first kappa shape index (κ1) is 14.9. The molecule has 1 heterocycles. The molecule has 110 valence electrons. The lowest BCUT2D eigenvalue weighted by Gasteiger charge is -2.48. The van der Waals surface area contributed by atoms with Crippen molar-refractivity contribution in [1.29, 1.82) is 0 Å². The van der Waals surface area contributed by atoms with Crippen molar-refractivity contribution in [3.05, 3.63) is 28.8 Å². The summed E-state index contributed by atoms with van der Waals surface area (Å²) in [6.45, 7) is 11.8. The van der Waals surface area contributed by atoms with E-state index in [0.717, 1.165) is 24.9 Å². The molecule has 0 aromatic heterocycles. The molecule has 0 unspecified atom stereocenters. The van der Waals surface area contributed by atoms with Gasteiger partial charge in [-0.25, -0.2) is 4.79 Å². The number of aryl methyl sites for hydroxylation is 1. The molecule has 1 aromatic rings. The Bertz CT molecular complexity index is 534. The Kier molecular flexibility index (Phi) is 3.81. The van der Waals surface area contributed by atoms with Crippen LogP contribution in [0.25, 0.3) is 0 Å². The highest BCUT2D eigenvalue weighted by atomic mass is 16.4. The van der Waals surface area contributed by atoms with Gasteiger partial charge in [0.1, 0.15) is 0 Å². The third kappa shape index (κ3) is 2.41. The summed E-state index contributed by atoms with van der Waals surface area (Å²) in [5.41, 5.74) is 3.81. The first-order valence-corrected chi connectivity index (χ1v) is 7.43. The molecule has 1 aliphatic rings. The standard InChI is InChI=1S/C17H25NO2/c1-6-7-18-15-8-11(2)14(16(19)20)9-13(15)12(3)10-17(18,4)5/h8-9,12H,6-7,10H2,1-5H3,(H,19,20)/t12-/m0/s1. The topological polar surface area (TPSA) is 40.5 Å². The molecular weight excluding hydrogens is 250 g/mol. The third-order valence-corrected chi connectivity index (χ3v) is 4.41. The highest BCUT2D eigenvalue weighted by molar-refractivity contribution is 5.90. The number of hydrogen-bond donors (Lipinski definition) is 1. The molecule has 2 rings (SSSR count). The second-order valence-electron chi connectivity index (χ2n) is 6.60. The zero-order valence-corrected chi connectivity index (χ0v) is 13.2. The molecule has 3 nitrogen and oxygen atoms in total. The number of fused-ring (bicyclic) bond motifs is 1. The van der Waals surface area contributed by atoms with Crippen LogP contribution in [-0.4, -0.2) is 23.2 Å². The lowest BCUT2D eigenvalue weighted by molar-refractivity contribution is 0.0696. The van der Waals surface area contributed by atoms with Crippen molar-refractivity contribution in [3.8, 4) is 0 Å². The van der Waals surface area contributed by atoms with E-state index < -0.39 is 5.97 Å². The minimum atomic E-state index is -0.829. The van der Waals surface area contributed by atoms with Crippen molar-refractivity contribution < 1.29 is 9.90 Å². The lowest BCUT2D eigenvalue weighted by Crippen LogP contribution is -2.48. The minimum absolute atomic E-state index is 0.125. The Morgan fingerprint density at radius 1 is 1.45 bits per heavy atom. The van der Waals surface area contributed by atoms with Crippen molar-refractivity contribution in [2.75, 3.05) is 11.4 Å². The number of benzene rings is 1. The highest BCUT2D eigenvalue weighted by Crippen LogP contribution is 2.44. The fourth-order valence-electron chi connectivity index (χ4n) is 3.51. The first-order chi connectivity index (χ1) is 9.27. The number of carbonyl (C=O) groups is 1. The predicted octanol–water partition coefficient (Wildman–Crippen LogP) is 4.20. The van der Waals surface area contributed by atoms with E-state index in [9.17, 15) is 9.90 Å². The molecule has 0 bridgehead atoms. The average Bonchev–Trinajstić information content (AvgIpc) is 2.32. The summed E-state index contributed by atoms with van der Waals surface area (Å²) in [6.07, 6.45) is 2.15. The molecule has 1 N–H and O–H groups in total. The molecular formula is C17H25NO2. The second kappa shape index (κ2) is 5.12. The molecule has 0 aliphatic carbocycles. The fourth-order valence-corrected chi connectivity index (χ4v) is 3.51. The lowest BCUT2D eigenvalue weighted by atomic mass is 9.79. The Balaban J connectivity index is 2.60. The number of carboxylic acid groups (broad SMARTS) is 1. The summed E-state index contributed by atoms with van der Waals surface area (Å²) in [6, 6.07) is 3.95. The molecule has 1 aliphatic heterocycles. The van der Waals surface area contributed by atoms with E-state index in [1.165, 1.54) is 11.3 Å². The number of nitrogens with zero attached hydrogens (tertiary/aromatic N) is 1. The number of aromatic carboxylic acids is 1. The van der Waals surface area contributed by atoms with Gasteiger partial charge in [-0.1, -0.05) is 13.8 Å². The Morgan fingerprint density at radius 3 is 2.65 bits per heavy atom. The summed E-state index contributed by atoms with van der Waals surface area (Å²) in [5, 5.41) is 9.31. The molecule has 0 radical (unpaired) electrons. The maximum absolute atomic E-state index is 11.3. The molecule has 0 spiro atoms. The van der Waals surface area contributed by atoms with E-state index in [4.69, 9.17) is 0 Å². The quantitative estimate of drug-likeness (QED) is 0.899. The van der Waals surface area contributed by atoms with Gasteiger partial charge in [-0.05, 0) is 62.8 Å². The van der Waals surface area contributed by atoms with Crippen molar-refractivity contribution in [1.82, 2.24) is 0 Å². The van der Waals surface area contributed by atoms with Crippen LogP contribution >= 0.6 is 0 Å². The van der Waals surface area contributed by atoms with Crippen LogP contribution in [0.3, 0.4) is 0 Å². The van der Waals surface area contributed by atoms with Crippen LogP contribution in [0.15, 0.2) is 12.1 Å². The van der Waals surface area contributed by atoms with E-state index in [2.05, 4.69) is 38.7 Å². The Labute approximate surface area is 121 Å². The Hall–Kier alpha value is -1.51. The van der Waals surface area contributed by atoms with Gasteiger partial charge in [0.2, 0.25) is 0 Å². The monoisotopic (exact) mass is 275 g/mol. The molecule has 0 fully saturated rings. The van der Waals surface area contributed by atoms with Crippen LogP contribution in [0.4, 0.5) is 5.69 Å². The minimum Gasteiger partial charge on any atom is -0.478 e. The highest BCUT2D eigenvalue weighted by Gasteiger charge is 2.36. The van der Waals surface area contributed by atoms with Crippen molar-refractivity contribution >= 4 is 11.7 Å². The van der Waals surface area contributed by atoms with Gasteiger partial charge in [0.25, 0.3) is 0 Å².